The number of halogens is 2. The highest BCUT2D eigenvalue weighted by atomic mass is 35.5. The third kappa shape index (κ3) is 5.06. The van der Waals surface area contributed by atoms with Gasteiger partial charge in [-0.3, -0.25) is 0 Å². The Labute approximate surface area is 238 Å². The van der Waals surface area contributed by atoms with E-state index in [2.05, 4.69) is 50.0 Å². The fraction of sp³-hybridized carbons (Fsp3) is 0.667. The molecule has 0 N–H and O–H groups in total. The number of pyridine rings is 1. The van der Waals surface area contributed by atoms with Crippen molar-refractivity contribution in [3.8, 4) is 0 Å². The van der Waals surface area contributed by atoms with E-state index in [9.17, 15) is 4.79 Å². The molecule has 214 valence electrons. The van der Waals surface area contributed by atoms with Crippen LogP contribution >= 0.6 is 11.6 Å². The van der Waals surface area contributed by atoms with Crippen molar-refractivity contribution in [2.24, 2.45) is 11.8 Å². The lowest BCUT2D eigenvalue weighted by Crippen LogP contribution is -2.40. The lowest BCUT2D eigenvalue weighted by atomic mass is 9.99. The summed E-state index contributed by atoms with van der Waals surface area (Å²) in [6, 6.07) is 0.224. The topological polar surface area (TPSA) is 56.6 Å². The Kier molecular flexibility index (Phi) is 6.83. The molecule has 1 aliphatic heterocycles. The number of carbonyl (C=O) groups is 1. The number of ether oxygens (including phenoxy) is 1. The van der Waals surface area contributed by atoms with Gasteiger partial charge in [-0.1, -0.05) is 39.0 Å². The number of fused-ring (bicyclic) bond motifs is 2. The summed E-state index contributed by atoms with van der Waals surface area (Å²) >= 11 is 6.38. The van der Waals surface area contributed by atoms with Crippen LogP contribution in [-0.2, 0) is 15.8 Å². The summed E-state index contributed by atoms with van der Waals surface area (Å²) in [6.45, 7) is 24.6. The maximum absolute atomic E-state index is 15.9. The summed E-state index contributed by atoms with van der Waals surface area (Å²) in [5.74, 6) is 0.312. The summed E-state index contributed by atoms with van der Waals surface area (Å²) in [7, 11) is -2.08. The molecule has 2 aliphatic carbocycles. The zero-order valence-electron chi connectivity index (χ0n) is 24.9. The average molecular weight is 576 g/mol. The first kappa shape index (κ1) is 28.6. The number of amides is 1. The normalized spacial score (nSPS) is 23.4. The molecular formula is C30H43ClFN3O3Si. The molecule has 0 bridgehead atoms. The van der Waals surface area contributed by atoms with Gasteiger partial charge in [0.05, 0.1) is 17.8 Å². The molecule has 2 aromatic rings. The van der Waals surface area contributed by atoms with E-state index in [1.165, 1.54) is 0 Å². The Morgan fingerprint density at radius 2 is 1.74 bits per heavy atom. The van der Waals surface area contributed by atoms with E-state index in [4.69, 9.17) is 20.8 Å². The van der Waals surface area contributed by atoms with Gasteiger partial charge in [-0.2, -0.15) is 0 Å². The van der Waals surface area contributed by atoms with Gasteiger partial charge in [-0.15, -0.1) is 0 Å². The van der Waals surface area contributed by atoms with E-state index in [0.717, 1.165) is 35.1 Å². The van der Waals surface area contributed by atoms with Crippen molar-refractivity contribution in [1.29, 1.82) is 0 Å². The number of allylic oxidation sites excluding steroid dienone is 1. The second kappa shape index (κ2) is 9.31. The molecule has 3 heterocycles. The predicted molar refractivity (Wildman–Crippen MR) is 157 cm³/mol. The van der Waals surface area contributed by atoms with Crippen molar-refractivity contribution in [3.05, 3.63) is 34.5 Å². The number of rotatable bonds is 6. The highest BCUT2D eigenvalue weighted by Gasteiger charge is 2.59. The number of aromatic nitrogens is 2. The fourth-order valence-corrected chi connectivity index (χ4v) is 6.96. The number of hydrogen-bond donors (Lipinski definition) is 0. The first-order valence-electron chi connectivity index (χ1n) is 14.1. The largest absolute Gasteiger partial charge is 0.444 e. The molecule has 6 nitrogen and oxygen atoms in total. The Morgan fingerprint density at radius 1 is 1.15 bits per heavy atom. The number of piperidine rings is 1. The van der Waals surface area contributed by atoms with Crippen molar-refractivity contribution in [2.75, 3.05) is 13.1 Å². The maximum atomic E-state index is 15.9. The van der Waals surface area contributed by atoms with Crippen LogP contribution < -0.4 is 0 Å². The van der Waals surface area contributed by atoms with Crippen LogP contribution in [0, 0.1) is 17.7 Å². The van der Waals surface area contributed by atoms with Crippen LogP contribution in [0.5, 0.6) is 0 Å². The number of hydrogen-bond acceptors (Lipinski definition) is 4. The van der Waals surface area contributed by atoms with Gasteiger partial charge in [0.2, 0.25) is 0 Å². The van der Waals surface area contributed by atoms with Crippen LogP contribution in [0.4, 0.5) is 9.18 Å². The molecule has 0 spiro atoms. The smallest absolute Gasteiger partial charge is 0.410 e. The Bertz CT molecular complexity index is 1340. The molecule has 3 fully saturated rings. The van der Waals surface area contributed by atoms with Gasteiger partial charge in [0, 0.05) is 30.2 Å². The summed E-state index contributed by atoms with van der Waals surface area (Å²) in [6.07, 6.45) is 1.74. The zero-order valence-corrected chi connectivity index (χ0v) is 26.6. The summed E-state index contributed by atoms with van der Waals surface area (Å²) in [5.41, 5.74) is 3.59. The highest BCUT2D eigenvalue weighted by Crippen LogP contribution is 2.62. The maximum Gasteiger partial charge on any atom is 0.410 e. The minimum atomic E-state index is -2.08. The van der Waals surface area contributed by atoms with Crippen molar-refractivity contribution in [3.63, 3.8) is 0 Å². The second-order valence-electron chi connectivity index (χ2n) is 14.3. The monoisotopic (exact) mass is 575 g/mol. The summed E-state index contributed by atoms with van der Waals surface area (Å²) in [5, 5.41) is 0.760. The van der Waals surface area contributed by atoms with Crippen LogP contribution in [0.1, 0.15) is 90.2 Å². The van der Waals surface area contributed by atoms with Crippen molar-refractivity contribution in [2.45, 2.75) is 104 Å². The molecule has 1 amide bonds. The molecule has 2 unspecified atom stereocenters. The van der Waals surface area contributed by atoms with Gasteiger partial charge in [0.15, 0.2) is 19.3 Å². The SMILES string of the molecule is C=C(C)c1nc(Cl)c(F)c2c1c(C1C3CN(C(=O)OC(C)(C)C)CC31)c(CO[Si](C)(C)C(C)(C)C)n2C1CC1. The molecule has 5 rings (SSSR count). The van der Waals surface area contributed by atoms with E-state index in [0.29, 0.717) is 42.7 Å². The van der Waals surface area contributed by atoms with Crippen LogP contribution in [0.3, 0.4) is 0 Å². The molecule has 0 aromatic carbocycles. The summed E-state index contributed by atoms with van der Waals surface area (Å²) < 4.78 is 30.5. The minimum absolute atomic E-state index is 0.0482. The molecule has 1 saturated heterocycles. The quantitative estimate of drug-likeness (QED) is 0.257. The van der Waals surface area contributed by atoms with Crippen molar-refractivity contribution in [1.82, 2.24) is 14.5 Å². The predicted octanol–water partition coefficient (Wildman–Crippen LogP) is 8.30. The molecular weight excluding hydrogens is 533 g/mol. The van der Waals surface area contributed by atoms with Gasteiger partial charge in [0.25, 0.3) is 0 Å². The molecule has 3 aliphatic rings. The van der Waals surface area contributed by atoms with Crippen LogP contribution in [0.25, 0.3) is 16.5 Å². The zero-order chi connectivity index (χ0) is 28.8. The lowest BCUT2D eigenvalue weighted by Gasteiger charge is -2.36. The molecule has 9 heteroatoms. The Balaban J connectivity index is 1.61. The van der Waals surface area contributed by atoms with E-state index in [1.807, 2.05) is 32.6 Å². The van der Waals surface area contributed by atoms with Crippen LogP contribution in [0.15, 0.2) is 6.58 Å². The molecule has 0 radical (unpaired) electrons. The third-order valence-corrected chi connectivity index (χ3v) is 13.8. The van der Waals surface area contributed by atoms with E-state index in [1.54, 1.807) is 0 Å². The second-order valence-corrected chi connectivity index (χ2v) is 19.5. The molecule has 2 aromatic heterocycles. The van der Waals surface area contributed by atoms with Gasteiger partial charge in [0.1, 0.15) is 5.60 Å². The van der Waals surface area contributed by atoms with Gasteiger partial charge in [-0.25, -0.2) is 14.2 Å². The third-order valence-electron chi connectivity index (χ3n) is 9.06. The Hall–Kier alpha value is -1.90. The Morgan fingerprint density at radius 3 is 2.23 bits per heavy atom. The van der Waals surface area contributed by atoms with E-state index in [-0.39, 0.29) is 28.2 Å². The number of carbonyl (C=O) groups excluding carboxylic acids is 1. The fourth-order valence-electron chi connectivity index (χ4n) is 5.86. The van der Waals surface area contributed by atoms with Gasteiger partial charge >= 0.3 is 6.09 Å². The van der Waals surface area contributed by atoms with Crippen LogP contribution in [-0.4, -0.2) is 47.6 Å². The van der Waals surface area contributed by atoms with Crippen LogP contribution in [0.2, 0.25) is 23.3 Å². The van der Waals surface area contributed by atoms with E-state index < -0.39 is 19.7 Å². The van der Waals surface area contributed by atoms with Gasteiger partial charge in [-0.05, 0) is 87.6 Å². The standard InChI is InChI=1S/C30H43ClFN3O3Si/c1-16(2)25-23-22(21-18-13-34(14-19(18)21)28(36)38-29(3,4)5)20(15-37-39(9,10)30(6,7)8)35(17-11-12-17)26(23)24(32)27(31)33-25/h17-19,21H,1,11-15H2,2-10H3. The van der Waals surface area contributed by atoms with Gasteiger partial charge < -0.3 is 18.6 Å². The first-order chi connectivity index (χ1) is 17.9. The first-order valence-corrected chi connectivity index (χ1v) is 17.4. The minimum Gasteiger partial charge on any atom is -0.444 e. The summed E-state index contributed by atoms with van der Waals surface area (Å²) in [4.78, 5) is 19.1. The van der Waals surface area contributed by atoms with Crippen molar-refractivity contribution >= 4 is 42.5 Å². The number of nitrogens with zero attached hydrogens (tertiary/aromatic N) is 3. The lowest BCUT2D eigenvalue weighted by molar-refractivity contribution is 0.0271. The molecule has 39 heavy (non-hydrogen) atoms. The average Bonchev–Trinajstić information content (AvgIpc) is 3.67. The van der Waals surface area contributed by atoms with E-state index >= 15 is 4.39 Å². The number of likely N-dealkylation sites (tertiary alicyclic amines) is 1. The molecule has 2 saturated carbocycles. The van der Waals surface area contributed by atoms with Crippen molar-refractivity contribution < 1.29 is 18.3 Å². The molecule has 2 atom stereocenters. The highest BCUT2D eigenvalue weighted by molar-refractivity contribution is 6.74.